The predicted octanol–water partition coefficient (Wildman–Crippen LogP) is 3.18. The lowest BCUT2D eigenvalue weighted by Crippen LogP contribution is -2.16. The summed E-state index contributed by atoms with van der Waals surface area (Å²) in [6.45, 7) is 2.79. The van der Waals surface area contributed by atoms with Crippen LogP contribution < -0.4 is 10.1 Å². The van der Waals surface area contributed by atoms with Gasteiger partial charge in [0.2, 0.25) is 0 Å². The Bertz CT molecular complexity index is 753. The van der Waals surface area contributed by atoms with Crippen LogP contribution in [0.2, 0.25) is 0 Å². The molecule has 0 radical (unpaired) electrons. The minimum Gasteiger partial charge on any atom is -0.439 e. The number of ether oxygens (including phenoxy) is 1. The fourth-order valence-electron chi connectivity index (χ4n) is 1.76. The molecule has 0 spiro atoms. The molecule has 2 aromatic rings. The molecule has 0 saturated carbocycles. The van der Waals surface area contributed by atoms with Crippen molar-refractivity contribution in [3.05, 3.63) is 41.5 Å². The zero-order valence-corrected chi connectivity index (χ0v) is 12.0. The van der Waals surface area contributed by atoms with E-state index in [1.54, 1.807) is 19.1 Å². The maximum absolute atomic E-state index is 12.4. The lowest BCUT2D eigenvalue weighted by atomic mass is 10.1. The second-order valence-corrected chi connectivity index (χ2v) is 4.54. The number of carbonyl (C=O) groups excluding carboxylic acids is 2. The van der Waals surface area contributed by atoms with Gasteiger partial charge in [-0.05, 0) is 18.6 Å². The number of aromatic nitrogens is 1. The molecule has 0 fully saturated rings. The standard InChI is InChI=1S/C14H11F3N2O4/c1-7-4-3-5-9(11(7)23-8(2)20)12(21)18-10-6-22-13(19-10)14(15,16)17/h3-6H,1-2H3,(H,18,21). The Labute approximate surface area is 128 Å². The topological polar surface area (TPSA) is 81.4 Å². The van der Waals surface area contributed by atoms with Crippen LogP contribution >= 0.6 is 0 Å². The summed E-state index contributed by atoms with van der Waals surface area (Å²) in [5, 5.41) is 2.16. The average molecular weight is 328 g/mol. The molecule has 1 aromatic heterocycles. The molecule has 2 rings (SSSR count). The Morgan fingerprint density at radius 1 is 1.30 bits per heavy atom. The number of oxazole rings is 1. The first-order chi connectivity index (χ1) is 10.7. The predicted molar refractivity (Wildman–Crippen MR) is 71.9 cm³/mol. The van der Waals surface area contributed by atoms with Gasteiger partial charge in [0.15, 0.2) is 5.82 Å². The first-order valence-corrected chi connectivity index (χ1v) is 6.30. The molecule has 1 aromatic carbocycles. The van der Waals surface area contributed by atoms with E-state index in [0.29, 0.717) is 11.8 Å². The third kappa shape index (κ3) is 3.87. The number of aryl methyl sites for hydroxylation is 1. The second kappa shape index (κ2) is 6.11. The van der Waals surface area contributed by atoms with E-state index >= 15 is 0 Å². The first-order valence-electron chi connectivity index (χ1n) is 6.30. The van der Waals surface area contributed by atoms with Crippen LogP contribution in [0.3, 0.4) is 0 Å². The van der Waals surface area contributed by atoms with Crippen molar-refractivity contribution in [2.24, 2.45) is 0 Å². The first kappa shape index (κ1) is 16.5. The van der Waals surface area contributed by atoms with Crippen LogP contribution in [-0.4, -0.2) is 16.9 Å². The van der Waals surface area contributed by atoms with Crippen molar-refractivity contribution in [1.29, 1.82) is 0 Å². The molecule has 1 amide bonds. The second-order valence-electron chi connectivity index (χ2n) is 4.54. The Balaban J connectivity index is 2.26. The smallest absolute Gasteiger partial charge is 0.439 e. The van der Waals surface area contributed by atoms with E-state index in [4.69, 9.17) is 4.74 Å². The molecule has 0 atom stereocenters. The summed E-state index contributed by atoms with van der Waals surface area (Å²) in [6.07, 6.45) is -4.09. The monoisotopic (exact) mass is 328 g/mol. The van der Waals surface area contributed by atoms with E-state index in [9.17, 15) is 22.8 Å². The molecule has 6 nitrogen and oxygen atoms in total. The number of benzene rings is 1. The molecule has 0 aliphatic carbocycles. The molecule has 23 heavy (non-hydrogen) atoms. The van der Waals surface area contributed by atoms with Crippen LogP contribution in [0.5, 0.6) is 5.75 Å². The zero-order valence-electron chi connectivity index (χ0n) is 12.0. The molecular formula is C14H11F3N2O4. The average Bonchev–Trinajstić information content (AvgIpc) is 2.89. The van der Waals surface area contributed by atoms with Gasteiger partial charge in [0.1, 0.15) is 12.0 Å². The van der Waals surface area contributed by atoms with Crippen molar-refractivity contribution in [2.45, 2.75) is 20.0 Å². The molecule has 9 heteroatoms. The summed E-state index contributed by atoms with van der Waals surface area (Å²) in [4.78, 5) is 26.4. The van der Waals surface area contributed by atoms with Crippen LogP contribution in [0.1, 0.15) is 28.7 Å². The molecular weight excluding hydrogens is 317 g/mol. The van der Waals surface area contributed by atoms with Gasteiger partial charge in [0.25, 0.3) is 5.91 Å². The van der Waals surface area contributed by atoms with Crippen LogP contribution in [0, 0.1) is 6.92 Å². The fraction of sp³-hybridized carbons (Fsp3) is 0.214. The van der Waals surface area contributed by atoms with Crippen LogP contribution in [0.25, 0.3) is 0 Å². The van der Waals surface area contributed by atoms with E-state index in [0.717, 1.165) is 0 Å². The minimum absolute atomic E-state index is 0.0169. The van der Waals surface area contributed by atoms with Gasteiger partial charge in [-0.25, -0.2) is 0 Å². The van der Waals surface area contributed by atoms with Gasteiger partial charge < -0.3 is 14.5 Å². The van der Waals surface area contributed by atoms with Crippen LogP contribution in [0.4, 0.5) is 19.0 Å². The van der Waals surface area contributed by atoms with Crippen molar-refractivity contribution in [1.82, 2.24) is 4.98 Å². The SMILES string of the molecule is CC(=O)Oc1c(C)cccc1C(=O)Nc1coc(C(F)(F)F)n1. The molecule has 1 heterocycles. The Kier molecular flexibility index (Phi) is 4.39. The third-order valence-corrected chi connectivity index (χ3v) is 2.69. The lowest BCUT2D eigenvalue weighted by Gasteiger charge is -2.10. The number of para-hydroxylation sites is 1. The highest BCUT2D eigenvalue weighted by atomic mass is 19.4. The fourth-order valence-corrected chi connectivity index (χ4v) is 1.76. The number of halogens is 3. The number of amides is 1. The minimum atomic E-state index is -4.75. The molecule has 0 saturated heterocycles. The van der Waals surface area contributed by atoms with Gasteiger partial charge in [-0.3, -0.25) is 9.59 Å². The van der Waals surface area contributed by atoms with Crippen LogP contribution in [0.15, 0.2) is 28.9 Å². The van der Waals surface area contributed by atoms with Crippen molar-refractivity contribution >= 4 is 17.7 Å². The van der Waals surface area contributed by atoms with E-state index in [-0.39, 0.29) is 11.3 Å². The highest BCUT2D eigenvalue weighted by molar-refractivity contribution is 6.06. The molecule has 0 bridgehead atoms. The molecule has 0 aliphatic heterocycles. The Hall–Kier alpha value is -2.84. The number of hydrogen-bond acceptors (Lipinski definition) is 5. The number of alkyl halides is 3. The Morgan fingerprint density at radius 2 is 2.00 bits per heavy atom. The maximum Gasteiger partial charge on any atom is 0.469 e. The highest BCUT2D eigenvalue weighted by Gasteiger charge is 2.37. The summed E-state index contributed by atoms with van der Waals surface area (Å²) >= 11 is 0. The molecule has 0 unspecified atom stereocenters. The summed E-state index contributed by atoms with van der Waals surface area (Å²) in [7, 11) is 0. The molecule has 1 N–H and O–H groups in total. The number of rotatable bonds is 3. The number of nitrogens with zero attached hydrogens (tertiary/aromatic N) is 1. The van der Waals surface area contributed by atoms with E-state index in [1.807, 2.05) is 0 Å². The van der Waals surface area contributed by atoms with Crippen LogP contribution in [-0.2, 0) is 11.0 Å². The van der Waals surface area contributed by atoms with Crippen molar-refractivity contribution in [3.63, 3.8) is 0 Å². The van der Waals surface area contributed by atoms with Crippen molar-refractivity contribution < 1.29 is 31.9 Å². The van der Waals surface area contributed by atoms with Gasteiger partial charge in [-0.1, -0.05) is 12.1 Å². The van der Waals surface area contributed by atoms with E-state index in [1.165, 1.54) is 13.0 Å². The van der Waals surface area contributed by atoms with Gasteiger partial charge in [0, 0.05) is 6.92 Å². The Morgan fingerprint density at radius 3 is 2.57 bits per heavy atom. The van der Waals surface area contributed by atoms with Gasteiger partial charge >= 0.3 is 18.0 Å². The maximum atomic E-state index is 12.4. The number of carbonyl (C=O) groups is 2. The van der Waals surface area contributed by atoms with Crippen molar-refractivity contribution in [3.8, 4) is 5.75 Å². The number of hydrogen-bond donors (Lipinski definition) is 1. The number of nitrogens with one attached hydrogen (secondary N) is 1. The quantitative estimate of drug-likeness (QED) is 0.691. The van der Waals surface area contributed by atoms with E-state index < -0.39 is 29.8 Å². The molecule has 122 valence electrons. The normalized spacial score (nSPS) is 11.2. The van der Waals surface area contributed by atoms with Gasteiger partial charge in [-0.15, -0.1) is 0 Å². The molecule has 0 aliphatic rings. The van der Waals surface area contributed by atoms with E-state index in [2.05, 4.69) is 14.7 Å². The van der Waals surface area contributed by atoms with Gasteiger partial charge in [0.05, 0.1) is 5.56 Å². The van der Waals surface area contributed by atoms with Gasteiger partial charge in [-0.2, -0.15) is 18.2 Å². The third-order valence-electron chi connectivity index (χ3n) is 2.69. The summed E-state index contributed by atoms with van der Waals surface area (Å²) in [5.74, 6) is -3.27. The largest absolute Gasteiger partial charge is 0.469 e. The highest BCUT2D eigenvalue weighted by Crippen LogP contribution is 2.30. The lowest BCUT2D eigenvalue weighted by molar-refractivity contribution is -0.157. The summed E-state index contributed by atoms with van der Waals surface area (Å²) < 4.78 is 46.4. The summed E-state index contributed by atoms with van der Waals surface area (Å²) in [5.41, 5.74) is 0.501. The zero-order chi connectivity index (χ0) is 17.2. The van der Waals surface area contributed by atoms with Crippen molar-refractivity contribution in [2.75, 3.05) is 5.32 Å². The number of anilines is 1. The number of esters is 1. The summed E-state index contributed by atoms with van der Waals surface area (Å²) in [6, 6.07) is 4.53.